The van der Waals surface area contributed by atoms with Gasteiger partial charge in [0.1, 0.15) is 0 Å². The summed E-state index contributed by atoms with van der Waals surface area (Å²) in [4.78, 5) is 10.3. The van der Waals surface area contributed by atoms with Crippen LogP contribution in [0.15, 0.2) is 41.3 Å². The van der Waals surface area contributed by atoms with E-state index in [4.69, 9.17) is 11.6 Å². The van der Waals surface area contributed by atoms with Gasteiger partial charge >= 0.3 is 0 Å². The van der Waals surface area contributed by atoms with Crippen LogP contribution in [0.3, 0.4) is 0 Å². The molecule has 1 aliphatic rings. The van der Waals surface area contributed by atoms with E-state index in [0.717, 1.165) is 17.0 Å². The van der Waals surface area contributed by atoms with Crippen LogP contribution in [0.25, 0.3) is 11.0 Å². The number of aryl methyl sites for hydroxylation is 1. The van der Waals surface area contributed by atoms with Crippen LogP contribution in [0.5, 0.6) is 0 Å². The molecule has 2 heterocycles. The molecule has 0 atom stereocenters. The second kappa shape index (κ2) is 6.82. The smallest absolute Gasteiger partial charge is 0.243 e. The van der Waals surface area contributed by atoms with E-state index < -0.39 is 10.0 Å². The molecular weight excluding hydrogens is 384 g/mol. The number of aromatic amines is 1. The number of rotatable bonds is 3. The number of nitrogens with one attached hydrogen (secondary N) is 1. The minimum absolute atomic E-state index is 0.280. The molecule has 0 bridgehead atoms. The van der Waals surface area contributed by atoms with Gasteiger partial charge in [-0.05, 0) is 49.2 Å². The zero-order valence-electron chi connectivity index (χ0n) is 15.2. The number of hydrogen-bond donors (Lipinski definition) is 1. The highest BCUT2D eigenvalue weighted by atomic mass is 35.5. The molecule has 0 radical (unpaired) electrons. The zero-order valence-corrected chi connectivity index (χ0v) is 16.8. The Kier molecular flexibility index (Phi) is 4.61. The first-order valence-electron chi connectivity index (χ1n) is 8.83. The van der Waals surface area contributed by atoms with Crippen molar-refractivity contribution in [3.8, 4) is 0 Å². The fraction of sp³-hybridized carbons (Fsp3) is 0.316. The number of anilines is 1. The Bertz CT molecular complexity index is 1100. The van der Waals surface area contributed by atoms with E-state index >= 15 is 0 Å². The molecule has 1 fully saturated rings. The summed E-state index contributed by atoms with van der Waals surface area (Å²) < 4.78 is 27.5. The highest BCUT2D eigenvalue weighted by Crippen LogP contribution is 2.27. The van der Waals surface area contributed by atoms with Gasteiger partial charge in [0.2, 0.25) is 16.0 Å². The van der Waals surface area contributed by atoms with Crippen LogP contribution in [-0.4, -0.2) is 48.9 Å². The van der Waals surface area contributed by atoms with E-state index in [2.05, 4.69) is 20.9 Å². The lowest BCUT2D eigenvalue weighted by Gasteiger charge is -2.34. The molecule has 1 N–H and O–H groups in total. The van der Waals surface area contributed by atoms with Crippen molar-refractivity contribution in [2.75, 3.05) is 31.1 Å². The molecule has 4 rings (SSSR count). The number of benzene rings is 2. The lowest BCUT2D eigenvalue weighted by molar-refractivity contribution is 0.383. The van der Waals surface area contributed by atoms with Crippen LogP contribution in [-0.2, 0) is 10.0 Å². The Balaban J connectivity index is 1.53. The van der Waals surface area contributed by atoms with Crippen LogP contribution in [0.2, 0.25) is 5.02 Å². The lowest BCUT2D eigenvalue weighted by Crippen LogP contribution is -2.49. The summed E-state index contributed by atoms with van der Waals surface area (Å²) in [6.45, 7) is 5.76. The lowest BCUT2D eigenvalue weighted by atomic mass is 10.2. The number of halogens is 1. The van der Waals surface area contributed by atoms with Crippen molar-refractivity contribution < 1.29 is 8.42 Å². The molecule has 27 heavy (non-hydrogen) atoms. The molecule has 0 aliphatic carbocycles. The zero-order chi connectivity index (χ0) is 19.2. The first-order valence-corrected chi connectivity index (χ1v) is 10.6. The Morgan fingerprint density at radius 2 is 1.81 bits per heavy atom. The number of sulfonamides is 1. The van der Waals surface area contributed by atoms with Gasteiger partial charge in [0.15, 0.2) is 0 Å². The molecule has 1 saturated heterocycles. The summed E-state index contributed by atoms with van der Waals surface area (Å²) in [5.74, 6) is 0.784. The Morgan fingerprint density at radius 1 is 1.07 bits per heavy atom. The molecule has 3 aromatic rings. The second-order valence-corrected chi connectivity index (χ2v) is 9.15. The van der Waals surface area contributed by atoms with Crippen molar-refractivity contribution in [2.45, 2.75) is 18.7 Å². The molecule has 0 saturated carbocycles. The number of hydrogen-bond acceptors (Lipinski definition) is 4. The van der Waals surface area contributed by atoms with E-state index in [1.165, 1.54) is 9.87 Å². The van der Waals surface area contributed by atoms with Gasteiger partial charge < -0.3 is 9.88 Å². The predicted octanol–water partition coefficient (Wildman–Crippen LogP) is 3.34. The monoisotopic (exact) mass is 404 g/mol. The third-order valence-corrected chi connectivity index (χ3v) is 7.45. The Labute approximate surface area is 163 Å². The van der Waals surface area contributed by atoms with Crippen molar-refractivity contribution in [1.29, 1.82) is 0 Å². The van der Waals surface area contributed by atoms with E-state index in [0.29, 0.717) is 36.8 Å². The molecule has 1 aliphatic heterocycles. The van der Waals surface area contributed by atoms with Crippen molar-refractivity contribution in [2.24, 2.45) is 0 Å². The van der Waals surface area contributed by atoms with Gasteiger partial charge in [0, 0.05) is 31.2 Å². The van der Waals surface area contributed by atoms with E-state index in [1.54, 1.807) is 25.1 Å². The van der Waals surface area contributed by atoms with E-state index in [1.807, 2.05) is 19.1 Å². The highest BCUT2D eigenvalue weighted by Gasteiger charge is 2.30. The molecule has 142 valence electrons. The van der Waals surface area contributed by atoms with Gasteiger partial charge in [-0.25, -0.2) is 13.4 Å². The van der Waals surface area contributed by atoms with Gasteiger partial charge in [0.05, 0.1) is 15.9 Å². The van der Waals surface area contributed by atoms with Crippen molar-refractivity contribution in [1.82, 2.24) is 14.3 Å². The average Bonchev–Trinajstić information content (AvgIpc) is 3.07. The average molecular weight is 405 g/mol. The second-order valence-electron chi connectivity index (χ2n) is 6.84. The maximum Gasteiger partial charge on any atom is 0.243 e. The Hall–Kier alpha value is -2.09. The third kappa shape index (κ3) is 3.31. The maximum absolute atomic E-state index is 13.0. The van der Waals surface area contributed by atoms with Crippen LogP contribution < -0.4 is 4.90 Å². The van der Waals surface area contributed by atoms with Crippen molar-refractivity contribution in [3.63, 3.8) is 0 Å². The summed E-state index contributed by atoms with van der Waals surface area (Å²) in [6, 6.07) is 11.1. The van der Waals surface area contributed by atoms with E-state index in [9.17, 15) is 8.42 Å². The number of fused-ring (bicyclic) bond motifs is 1. The fourth-order valence-electron chi connectivity index (χ4n) is 3.41. The minimum atomic E-state index is -3.56. The summed E-state index contributed by atoms with van der Waals surface area (Å²) in [7, 11) is -3.56. The largest absolute Gasteiger partial charge is 0.340 e. The fourth-order valence-corrected chi connectivity index (χ4v) is 5.31. The summed E-state index contributed by atoms with van der Waals surface area (Å²) in [6.07, 6.45) is 0. The van der Waals surface area contributed by atoms with Gasteiger partial charge in [-0.15, -0.1) is 0 Å². The summed E-state index contributed by atoms with van der Waals surface area (Å²) >= 11 is 6.11. The van der Waals surface area contributed by atoms with Crippen LogP contribution >= 0.6 is 11.6 Å². The maximum atomic E-state index is 13.0. The highest BCUT2D eigenvalue weighted by molar-refractivity contribution is 7.89. The van der Waals surface area contributed by atoms with Gasteiger partial charge in [-0.2, -0.15) is 4.31 Å². The molecule has 2 aromatic carbocycles. The standard InChI is InChI=1S/C19H21ClN4O2S/c1-13-6-7-16-17(12-13)22-19(21-16)23-8-10-24(11-9-23)27(25,26)18-5-3-4-15(20)14(18)2/h3-7,12H,8-11H2,1-2H3,(H,21,22). The normalized spacial score (nSPS) is 16.2. The molecule has 0 unspecified atom stereocenters. The van der Waals surface area contributed by atoms with Crippen LogP contribution in [0.1, 0.15) is 11.1 Å². The number of imidazole rings is 1. The first kappa shape index (κ1) is 18.3. The molecule has 0 amide bonds. The molecule has 1 aromatic heterocycles. The predicted molar refractivity (Wildman–Crippen MR) is 108 cm³/mol. The van der Waals surface area contributed by atoms with Gasteiger partial charge in [0.25, 0.3) is 0 Å². The SMILES string of the molecule is Cc1ccc2nc(N3CCN(S(=O)(=O)c4cccc(Cl)c4C)CC3)[nH]c2c1. The van der Waals surface area contributed by atoms with Gasteiger partial charge in [-0.3, -0.25) is 0 Å². The summed E-state index contributed by atoms with van der Waals surface area (Å²) in [5.41, 5.74) is 3.68. The molecule has 8 heteroatoms. The minimum Gasteiger partial charge on any atom is -0.340 e. The number of H-pyrrole nitrogens is 1. The molecular formula is C19H21ClN4O2S. The first-order chi connectivity index (χ1) is 12.9. The topological polar surface area (TPSA) is 69.3 Å². The van der Waals surface area contributed by atoms with Crippen molar-refractivity contribution in [3.05, 3.63) is 52.5 Å². The molecule has 6 nitrogen and oxygen atoms in total. The van der Waals surface area contributed by atoms with Crippen LogP contribution in [0.4, 0.5) is 5.95 Å². The number of aromatic nitrogens is 2. The summed E-state index contributed by atoms with van der Waals surface area (Å²) in [5, 5.41) is 0.465. The van der Waals surface area contributed by atoms with Crippen molar-refractivity contribution >= 4 is 38.6 Å². The van der Waals surface area contributed by atoms with Crippen LogP contribution in [0, 0.1) is 13.8 Å². The molecule has 0 spiro atoms. The van der Waals surface area contributed by atoms with Gasteiger partial charge in [-0.1, -0.05) is 23.7 Å². The Morgan fingerprint density at radius 3 is 2.56 bits per heavy atom. The van der Waals surface area contributed by atoms with E-state index in [-0.39, 0.29) is 4.90 Å². The quantitative estimate of drug-likeness (QED) is 0.726. The number of nitrogens with zero attached hydrogens (tertiary/aromatic N) is 3. The third-order valence-electron chi connectivity index (χ3n) is 5.00. The number of piperazine rings is 1.